The molecule has 65 valence electrons. The summed E-state index contributed by atoms with van der Waals surface area (Å²) in [6.07, 6.45) is 3.04. The van der Waals surface area contributed by atoms with Crippen LogP contribution in [0.25, 0.3) is 0 Å². The molecule has 0 aliphatic heterocycles. The molecule has 0 aromatic rings. The van der Waals surface area contributed by atoms with Crippen LogP contribution in [-0.4, -0.2) is 5.92 Å². The Labute approximate surface area is 67.0 Å². The van der Waals surface area contributed by atoms with Crippen LogP contribution in [0.1, 0.15) is 32.6 Å². The molecule has 0 unspecified atom stereocenters. The van der Waals surface area contributed by atoms with Crippen LogP contribution < -0.4 is 0 Å². The molecule has 0 spiro atoms. The monoisotopic (exact) mass is 161 g/mol. The lowest BCUT2D eigenvalue weighted by Crippen LogP contribution is -2.28. The first-order chi connectivity index (χ1) is 5.00. The number of alkyl halides is 2. The highest BCUT2D eigenvalue weighted by atomic mass is 19.3. The van der Waals surface area contributed by atoms with Crippen LogP contribution in [0.4, 0.5) is 8.78 Å². The zero-order valence-corrected chi connectivity index (χ0v) is 6.95. The third-order valence-corrected chi connectivity index (χ3v) is 2.56. The lowest BCUT2D eigenvalue weighted by Gasteiger charge is -2.30. The normalized spacial score (nSPS) is 33.8. The minimum Gasteiger partial charge on any atom is -0.207 e. The molecule has 11 heavy (non-hydrogen) atoms. The van der Waals surface area contributed by atoms with Crippen molar-refractivity contribution in [1.29, 1.82) is 0 Å². The van der Waals surface area contributed by atoms with E-state index in [1.807, 2.05) is 0 Å². The van der Waals surface area contributed by atoms with Gasteiger partial charge in [0, 0.05) is 5.92 Å². The van der Waals surface area contributed by atoms with E-state index in [4.69, 9.17) is 0 Å². The highest BCUT2D eigenvalue weighted by Gasteiger charge is 2.35. The Kier molecular flexibility index (Phi) is 2.50. The van der Waals surface area contributed by atoms with E-state index >= 15 is 0 Å². The molecule has 0 aromatic heterocycles. The fourth-order valence-electron chi connectivity index (χ4n) is 1.67. The lowest BCUT2D eigenvalue weighted by molar-refractivity contribution is -0.0559. The van der Waals surface area contributed by atoms with Crippen LogP contribution in [0, 0.1) is 18.8 Å². The van der Waals surface area contributed by atoms with E-state index in [1.54, 1.807) is 0 Å². The Morgan fingerprint density at radius 3 is 2.00 bits per heavy atom. The van der Waals surface area contributed by atoms with Crippen molar-refractivity contribution in [3.63, 3.8) is 0 Å². The molecule has 0 nitrogen and oxygen atoms in total. The smallest absolute Gasteiger partial charge is 0.207 e. The summed E-state index contributed by atoms with van der Waals surface area (Å²) in [4.78, 5) is 0. The predicted molar refractivity (Wildman–Crippen MR) is 41.4 cm³/mol. The van der Waals surface area contributed by atoms with Gasteiger partial charge in [0.25, 0.3) is 0 Å². The van der Waals surface area contributed by atoms with Crippen molar-refractivity contribution < 1.29 is 8.78 Å². The second-order valence-electron chi connectivity index (χ2n) is 3.67. The summed E-state index contributed by atoms with van der Waals surface area (Å²) in [6, 6.07) is 0. The molecule has 2 heteroatoms. The number of hydrogen-bond donors (Lipinski definition) is 0. The topological polar surface area (TPSA) is 0 Å². The van der Waals surface area contributed by atoms with Gasteiger partial charge in [0.2, 0.25) is 5.92 Å². The van der Waals surface area contributed by atoms with Crippen LogP contribution in [0.15, 0.2) is 0 Å². The van der Waals surface area contributed by atoms with Crippen molar-refractivity contribution in [2.45, 2.75) is 38.5 Å². The van der Waals surface area contributed by atoms with Gasteiger partial charge in [0.05, 0.1) is 0 Å². The van der Waals surface area contributed by atoms with Gasteiger partial charge in [-0.1, -0.05) is 6.92 Å². The van der Waals surface area contributed by atoms with Crippen molar-refractivity contribution in [3.8, 4) is 0 Å². The van der Waals surface area contributed by atoms with Crippen molar-refractivity contribution >= 4 is 0 Å². The Morgan fingerprint density at radius 2 is 1.64 bits per heavy atom. The van der Waals surface area contributed by atoms with Crippen LogP contribution in [-0.2, 0) is 0 Å². The zero-order chi connectivity index (χ0) is 8.48. The second kappa shape index (κ2) is 3.08. The van der Waals surface area contributed by atoms with Gasteiger partial charge >= 0.3 is 0 Å². The minimum atomic E-state index is -2.47. The molecule has 0 bridgehead atoms. The molecule has 0 heterocycles. The van der Waals surface area contributed by atoms with Crippen LogP contribution in [0.2, 0.25) is 0 Å². The Balaban J connectivity index is 2.39. The molecule has 1 aliphatic carbocycles. The average Bonchev–Trinajstić information content (AvgIpc) is 1.86. The van der Waals surface area contributed by atoms with Crippen molar-refractivity contribution in [2.75, 3.05) is 0 Å². The van der Waals surface area contributed by atoms with E-state index < -0.39 is 5.92 Å². The molecule has 1 saturated carbocycles. The molecule has 1 fully saturated rings. The minimum absolute atomic E-state index is 0.388. The molecule has 0 N–H and O–H groups in total. The number of halogens is 2. The second-order valence-corrected chi connectivity index (χ2v) is 3.67. The van der Waals surface area contributed by atoms with Crippen LogP contribution in [0.5, 0.6) is 0 Å². The maximum absolute atomic E-state index is 12.7. The zero-order valence-electron chi connectivity index (χ0n) is 6.95. The summed E-state index contributed by atoms with van der Waals surface area (Å²) in [7, 11) is 0. The maximum atomic E-state index is 12.7. The van der Waals surface area contributed by atoms with Crippen molar-refractivity contribution in [3.05, 3.63) is 6.92 Å². The largest absolute Gasteiger partial charge is 0.248 e. The first-order valence-corrected chi connectivity index (χ1v) is 4.21. The predicted octanol–water partition coefficient (Wildman–Crippen LogP) is 3.28. The SMILES string of the molecule is [CH2]C1CCC(C(C)(F)F)CC1. The van der Waals surface area contributed by atoms with Gasteiger partial charge in [-0.05, 0) is 38.5 Å². The Morgan fingerprint density at radius 1 is 1.18 bits per heavy atom. The van der Waals surface area contributed by atoms with Gasteiger partial charge in [-0.15, -0.1) is 0 Å². The first-order valence-electron chi connectivity index (χ1n) is 4.21. The van der Waals surface area contributed by atoms with Crippen LogP contribution >= 0.6 is 0 Å². The maximum Gasteiger partial charge on any atom is 0.248 e. The summed E-state index contributed by atoms with van der Waals surface area (Å²) in [6.45, 7) is 4.90. The van der Waals surface area contributed by atoms with E-state index in [2.05, 4.69) is 6.92 Å². The van der Waals surface area contributed by atoms with Crippen LogP contribution in [0.3, 0.4) is 0 Å². The van der Waals surface area contributed by atoms with E-state index in [0.717, 1.165) is 19.8 Å². The van der Waals surface area contributed by atoms with Gasteiger partial charge in [-0.3, -0.25) is 0 Å². The Hall–Kier alpha value is -0.140. The molecule has 1 aliphatic rings. The molecule has 0 atom stereocenters. The van der Waals surface area contributed by atoms with Crippen molar-refractivity contribution in [1.82, 2.24) is 0 Å². The average molecular weight is 161 g/mol. The van der Waals surface area contributed by atoms with E-state index in [9.17, 15) is 8.78 Å². The molecule has 0 aromatic carbocycles. The molecule has 0 amide bonds. The van der Waals surface area contributed by atoms with Gasteiger partial charge in [0.1, 0.15) is 0 Å². The van der Waals surface area contributed by atoms with Gasteiger partial charge in [-0.25, -0.2) is 8.78 Å². The summed E-state index contributed by atoms with van der Waals surface area (Å²) in [5.74, 6) is -2.45. The molecular weight excluding hydrogens is 146 g/mol. The quantitative estimate of drug-likeness (QED) is 0.553. The molecule has 1 rings (SSSR count). The summed E-state index contributed by atoms with van der Waals surface area (Å²) < 4.78 is 25.4. The molecule has 0 saturated heterocycles. The fraction of sp³-hybridized carbons (Fsp3) is 0.889. The van der Waals surface area contributed by atoms with E-state index in [-0.39, 0.29) is 5.92 Å². The van der Waals surface area contributed by atoms with Gasteiger partial charge in [0.15, 0.2) is 0 Å². The third-order valence-electron chi connectivity index (χ3n) is 2.56. The van der Waals surface area contributed by atoms with Gasteiger partial charge in [-0.2, -0.15) is 0 Å². The standard InChI is InChI=1S/C9H15F2/c1-7-3-5-8(6-4-7)9(2,10)11/h7-8H,1,3-6H2,2H3. The highest BCUT2D eigenvalue weighted by Crippen LogP contribution is 2.37. The van der Waals surface area contributed by atoms with E-state index in [0.29, 0.717) is 18.8 Å². The number of rotatable bonds is 1. The fourth-order valence-corrected chi connectivity index (χ4v) is 1.67. The summed E-state index contributed by atoms with van der Waals surface area (Å²) in [5, 5.41) is 0. The third kappa shape index (κ3) is 2.42. The Bertz CT molecular complexity index is 118. The number of hydrogen-bond acceptors (Lipinski definition) is 0. The van der Waals surface area contributed by atoms with E-state index in [1.165, 1.54) is 0 Å². The highest BCUT2D eigenvalue weighted by molar-refractivity contribution is 4.80. The summed E-state index contributed by atoms with van der Waals surface area (Å²) >= 11 is 0. The van der Waals surface area contributed by atoms with Gasteiger partial charge < -0.3 is 0 Å². The van der Waals surface area contributed by atoms with Crippen molar-refractivity contribution in [2.24, 2.45) is 11.8 Å². The first kappa shape index (κ1) is 8.95. The summed E-state index contributed by atoms with van der Waals surface area (Å²) in [5.41, 5.74) is 0. The lowest BCUT2D eigenvalue weighted by atomic mass is 9.80. The molecular formula is C9H15F2. The molecule has 1 radical (unpaired) electrons.